The average molecular weight is 569 g/mol. The number of fused-ring (bicyclic) bond motifs is 1. The number of nitro benzene ring substituents is 1. The van der Waals surface area contributed by atoms with E-state index in [4.69, 9.17) is 9.97 Å². The van der Waals surface area contributed by atoms with Crippen molar-refractivity contribution >= 4 is 45.9 Å². The van der Waals surface area contributed by atoms with Gasteiger partial charge in [0.1, 0.15) is 0 Å². The summed E-state index contributed by atoms with van der Waals surface area (Å²) >= 11 is 1.45. The van der Waals surface area contributed by atoms with Crippen LogP contribution in [0.5, 0.6) is 0 Å². The standard InChI is InChI=1S/C29H28N8O3S/c1-20-4-6-21(7-5-20)17-30-26-25-27(36(19-31-25)18-22-8-10-23(11-9-22)37(39)40)33-29(32-26)35-14-12-34(13-15-35)28(38)24-3-2-16-41-24/h2-11,16,19H,12-15,17-18H2,1H3,(H,30,32,33). The van der Waals surface area contributed by atoms with E-state index in [-0.39, 0.29) is 11.6 Å². The fraction of sp³-hybridized carbons (Fsp3) is 0.241. The third-order valence-corrected chi connectivity index (χ3v) is 7.97. The van der Waals surface area contributed by atoms with E-state index >= 15 is 0 Å². The summed E-state index contributed by atoms with van der Waals surface area (Å²) in [5, 5.41) is 16.4. The van der Waals surface area contributed by atoms with Crippen LogP contribution < -0.4 is 10.2 Å². The lowest BCUT2D eigenvalue weighted by Gasteiger charge is -2.34. The largest absolute Gasteiger partial charge is 0.364 e. The van der Waals surface area contributed by atoms with Crippen molar-refractivity contribution in [1.82, 2.24) is 24.4 Å². The molecule has 0 unspecified atom stereocenters. The minimum absolute atomic E-state index is 0.0492. The molecule has 1 amide bonds. The predicted octanol–water partition coefficient (Wildman–Crippen LogP) is 4.73. The van der Waals surface area contributed by atoms with Gasteiger partial charge in [-0.1, -0.05) is 48.0 Å². The highest BCUT2D eigenvalue weighted by atomic mass is 32.1. The number of hydrogen-bond acceptors (Lipinski definition) is 9. The smallest absolute Gasteiger partial charge is 0.269 e. The molecule has 2 aromatic carbocycles. The van der Waals surface area contributed by atoms with Crippen molar-refractivity contribution in [2.45, 2.75) is 20.0 Å². The van der Waals surface area contributed by atoms with Crippen molar-refractivity contribution < 1.29 is 9.72 Å². The maximum atomic E-state index is 12.8. The van der Waals surface area contributed by atoms with E-state index in [0.29, 0.717) is 62.2 Å². The molecule has 0 aliphatic carbocycles. The number of aryl methyl sites for hydroxylation is 1. The monoisotopic (exact) mass is 568 g/mol. The van der Waals surface area contributed by atoms with Crippen LogP contribution in [0.3, 0.4) is 0 Å². The number of benzene rings is 2. The summed E-state index contributed by atoms with van der Waals surface area (Å²) < 4.78 is 1.93. The second-order valence-electron chi connectivity index (χ2n) is 9.94. The van der Waals surface area contributed by atoms with Crippen LogP contribution in [0.15, 0.2) is 72.4 Å². The highest BCUT2D eigenvalue weighted by molar-refractivity contribution is 7.12. The molecule has 1 fully saturated rings. The van der Waals surface area contributed by atoms with Crippen molar-refractivity contribution in [3.05, 3.63) is 104 Å². The molecular formula is C29H28N8O3S. The zero-order chi connectivity index (χ0) is 28.3. The lowest BCUT2D eigenvalue weighted by Crippen LogP contribution is -2.49. The minimum Gasteiger partial charge on any atom is -0.364 e. The SMILES string of the molecule is Cc1ccc(CNc2nc(N3CCN(C(=O)c4cccs4)CC3)nc3c2ncn3Cc2ccc([N+](=O)[O-])cc2)cc1. The van der Waals surface area contributed by atoms with Crippen LogP contribution in [0.25, 0.3) is 11.2 Å². The predicted molar refractivity (Wildman–Crippen MR) is 158 cm³/mol. The molecule has 0 atom stereocenters. The van der Waals surface area contributed by atoms with Crippen molar-refractivity contribution in [2.24, 2.45) is 0 Å². The van der Waals surface area contributed by atoms with E-state index in [1.54, 1.807) is 18.5 Å². The molecule has 5 aromatic rings. The van der Waals surface area contributed by atoms with Crippen LogP contribution in [0.1, 0.15) is 26.4 Å². The normalized spacial score (nSPS) is 13.5. The molecule has 41 heavy (non-hydrogen) atoms. The van der Waals surface area contributed by atoms with E-state index in [2.05, 4.69) is 46.4 Å². The summed E-state index contributed by atoms with van der Waals surface area (Å²) in [5.74, 6) is 1.25. The quantitative estimate of drug-likeness (QED) is 0.211. The van der Waals surface area contributed by atoms with Crippen molar-refractivity contribution in [1.29, 1.82) is 0 Å². The topological polar surface area (TPSA) is 122 Å². The van der Waals surface area contributed by atoms with Gasteiger partial charge in [-0.2, -0.15) is 9.97 Å². The van der Waals surface area contributed by atoms with Crippen LogP contribution in [0.4, 0.5) is 17.5 Å². The number of amides is 1. The fourth-order valence-corrected chi connectivity index (χ4v) is 5.48. The number of rotatable bonds is 8. The molecule has 208 valence electrons. The van der Waals surface area contributed by atoms with Crippen molar-refractivity contribution in [3.63, 3.8) is 0 Å². The van der Waals surface area contributed by atoms with E-state index in [1.165, 1.54) is 29.0 Å². The lowest BCUT2D eigenvalue weighted by molar-refractivity contribution is -0.384. The molecule has 3 aromatic heterocycles. The van der Waals surface area contributed by atoms with Gasteiger partial charge in [0, 0.05) is 44.9 Å². The highest BCUT2D eigenvalue weighted by Gasteiger charge is 2.25. The Morgan fingerprint density at radius 3 is 2.41 bits per heavy atom. The molecule has 1 saturated heterocycles. The summed E-state index contributed by atoms with van der Waals surface area (Å²) in [6, 6.07) is 18.6. The number of nitrogens with one attached hydrogen (secondary N) is 1. The number of piperazine rings is 1. The number of nitro groups is 1. The van der Waals surface area contributed by atoms with Crippen LogP contribution in [0, 0.1) is 17.0 Å². The summed E-state index contributed by atoms with van der Waals surface area (Å²) in [6.45, 7) is 5.45. The van der Waals surface area contributed by atoms with Gasteiger partial charge in [0.15, 0.2) is 17.0 Å². The van der Waals surface area contributed by atoms with Crippen LogP contribution in [-0.2, 0) is 13.1 Å². The Morgan fingerprint density at radius 2 is 1.73 bits per heavy atom. The first-order valence-electron chi connectivity index (χ1n) is 13.3. The molecule has 1 aliphatic rings. The summed E-state index contributed by atoms with van der Waals surface area (Å²) in [7, 11) is 0. The first-order valence-corrected chi connectivity index (χ1v) is 14.2. The van der Waals surface area contributed by atoms with Crippen molar-refractivity contribution in [3.8, 4) is 0 Å². The summed E-state index contributed by atoms with van der Waals surface area (Å²) in [5.41, 5.74) is 4.57. The molecule has 0 bridgehead atoms. The van der Waals surface area contributed by atoms with Gasteiger partial charge in [-0.15, -0.1) is 11.3 Å². The molecule has 4 heterocycles. The number of imidazole rings is 1. The fourth-order valence-electron chi connectivity index (χ4n) is 4.79. The number of hydrogen-bond donors (Lipinski definition) is 1. The van der Waals surface area contributed by atoms with E-state index in [9.17, 15) is 14.9 Å². The zero-order valence-corrected chi connectivity index (χ0v) is 23.3. The average Bonchev–Trinajstić information content (AvgIpc) is 3.68. The Labute approximate surface area is 240 Å². The van der Waals surface area contributed by atoms with E-state index < -0.39 is 4.92 Å². The van der Waals surface area contributed by atoms with Gasteiger partial charge < -0.3 is 19.7 Å². The van der Waals surface area contributed by atoms with Gasteiger partial charge >= 0.3 is 0 Å². The van der Waals surface area contributed by atoms with Crippen LogP contribution in [0.2, 0.25) is 0 Å². The van der Waals surface area contributed by atoms with Crippen LogP contribution >= 0.6 is 11.3 Å². The number of aromatic nitrogens is 4. The van der Waals surface area contributed by atoms with Crippen molar-refractivity contribution in [2.75, 3.05) is 36.4 Å². The zero-order valence-electron chi connectivity index (χ0n) is 22.4. The van der Waals surface area contributed by atoms with E-state index in [1.807, 2.05) is 27.0 Å². The highest BCUT2D eigenvalue weighted by Crippen LogP contribution is 2.25. The molecule has 0 saturated carbocycles. The summed E-state index contributed by atoms with van der Waals surface area (Å²) in [6.07, 6.45) is 1.72. The van der Waals surface area contributed by atoms with Gasteiger partial charge in [-0.05, 0) is 29.5 Å². The van der Waals surface area contributed by atoms with E-state index in [0.717, 1.165) is 16.0 Å². The molecule has 12 heteroatoms. The third kappa shape index (κ3) is 5.73. The lowest BCUT2D eigenvalue weighted by atomic mass is 10.1. The Morgan fingerprint density at radius 1 is 1.00 bits per heavy atom. The number of carbonyl (C=O) groups excluding carboxylic acids is 1. The molecule has 1 aliphatic heterocycles. The Bertz CT molecular complexity index is 1680. The Balaban J connectivity index is 1.28. The number of nitrogens with zero attached hydrogens (tertiary/aromatic N) is 7. The second kappa shape index (κ2) is 11.3. The van der Waals surface area contributed by atoms with Gasteiger partial charge in [-0.25, -0.2) is 4.98 Å². The molecular weight excluding hydrogens is 540 g/mol. The van der Waals surface area contributed by atoms with Gasteiger partial charge in [0.2, 0.25) is 5.95 Å². The maximum absolute atomic E-state index is 12.8. The molecule has 6 rings (SSSR count). The van der Waals surface area contributed by atoms with Gasteiger partial charge in [0.25, 0.3) is 11.6 Å². The van der Waals surface area contributed by atoms with Crippen LogP contribution in [-0.4, -0.2) is 61.4 Å². The first-order chi connectivity index (χ1) is 19.9. The molecule has 0 spiro atoms. The number of non-ortho nitro benzene ring substituents is 1. The number of anilines is 2. The summed E-state index contributed by atoms with van der Waals surface area (Å²) in [4.78, 5) is 42.6. The molecule has 11 nitrogen and oxygen atoms in total. The Hall–Kier alpha value is -4.84. The first kappa shape index (κ1) is 26.4. The Kier molecular flexibility index (Phi) is 7.30. The maximum Gasteiger partial charge on any atom is 0.269 e. The van der Waals surface area contributed by atoms with Gasteiger partial charge in [-0.3, -0.25) is 14.9 Å². The molecule has 0 radical (unpaired) electrons. The van der Waals surface area contributed by atoms with Gasteiger partial charge in [0.05, 0.1) is 22.7 Å². The number of carbonyl (C=O) groups is 1. The third-order valence-electron chi connectivity index (χ3n) is 7.11. The second-order valence-corrected chi connectivity index (χ2v) is 10.9. The minimum atomic E-state index is -0.407. The number of thiophene rings is 1. The molecule has 1 N–H and O–H groups in total.